The van der Waals surface area contributed by atoms with Crippen LogP contribution in [0.2, 0.25) is 0 Å². The van der Waals surface area contributed by atoms with Crippen LogP contribution < -0.4 is 5.32 Å². The van der Waals surface area contributed by atoms with Crippen molar-refractivity contribution >= 4 is 11.3 Å². The zero-order valence-electron chi connectivity index (χ0n) is 8.42. The Bertz CT molecular complexity index is 387. The zero-order chi connectivity index (χ0) is 10.5. The molecule has 15 heavy (non-hydrogen) atoms. The Kier molecular flexibility index (Phi) is 3.37. The molecule has 1 atom stereocenters. The van der Waals surface area contributed by atoms with Gasteiger partial charge in [0.15, 0.2) is 0 Å². The smallest absolute Gasteiger partial charge is 0.106 e. The number of thiazole rings is 1. The molecule has 2 heterocycles. The van der Waals surface area contributed by atoms with Gasteiger partial charge in [0, 0.05) is 42.8 Å². The summed E-state index contributed by atoms with van der Waals surface area (Å²) in [4.78, 5) is 12.5. The topological polar surface area (TPSA) is 50.7 Å². The predicted octanol–water partition coefficient (Wildman–Crippen LogP) is 1.78. The quantitative estimate of drug-likeness (QED) is 0.853. The van der Waals surface area contributed by atoms with Gasteiger partial charge in [0.25, 0.3) is 0 Å². The highest BCUT2D eigenvalue weighted by molar-refractivity contribution is 7.09. The number of nitrogens with one attached hydrogen (secondary N) is 1. The van der Waals surface area contributed by atoms with Gasteiger partial charge in [0.2, 0.25) is 0 Å². The lowest BCUT2D eigenvalue weighted by Crippen LogP contribution is -2.19. The van der Waals surface area contributed by atoms with E-state index < -0.39 is 0 Å². The first-order chi connectivity index (χ1) is 7.36. The van der Waals surface area contributed by atoms with Gasteiger partial charge in [-0.05, 0) is 6.92 Å². The number of nitrogens with zero attached hydrogens (tertiary/aromatic N) is 3. The van der Waals surface area contributed by atoms with Gasteiger partial charge in [-0.15, -0.1) is 11.3 Å². The van der Waals surface area contributed by atoms with Crippen LogP contribution >= 0.6 is 11.3 Å². The lowest BCUT2D eigenvalue weighted by atomic mass is 10.2. The molecule has 2 aromatic rings. The maximum absolute atomic E-state index is 4.24. The SMILES string of the molecule is CC(NCc1nccs1)c1cnccn1. The molecule has 0 aromatic carbocycles. The first kappa shape index (κ1) is 10.2. The first-order valence-electron chi connectivity index (χ1n) is 4.74. The van der Waals surface area contributed by atoms with E-state index in [1.807, 2.05) is 11.6 Å². The summed E-state index contributed by atoms with van der Waals surface area (Å²) in [5.74, 6) is 0. The van der Waals surface area contributed by atoms with Gasteiger partial charge in [0.05, 0.1) is 5.69 Å². The summed E-state index contributed by atoms with van der Waals surface area (Å²) in [5, 5.41) is 6.41. The molecule has 0 spiro atoms. The molecule has 0 saturated heterocycles. The van der Waals surface area contributed by atoms with Gasteiger partial charge in [-0.2, -0.15) is 0 Å². The van der Waals surface area contributed by atoms with Crippen molar-refractivity contribution in [3.8, 4) is 0 Å². The minimum Gasteiger partial charge on any atom is -0.302 e. The second-order valence-electron chi connectivity index (χ2n) is 3.16. The van der Waals surface area contributed by atoms with Crippen LogP contribution in [0.15, 0.2) is 30.2 Å². The van der Waals surface area contributed by atoms with E-state index in [-0.39, 0.29) is 6.04 Å². The summed E-state index contributed by atoms with van der Waals surface area (Å²) in [5.41, 5.74) is 0.953. The molecule has 78 valence electrons. The van der Waals surface area contributed by atoms with Crippen molar-refractivity contribution in [2.24, 2.45) is 0 Å². The predicted molar refractivity (Wildman–Crippen MR) is 59.4 cm³/mol. The van der Waals surface area contributed by atoms with E-state index >= 15 is 0 Å². The van der Waals surface area contributed by atoms with Crippen LogP contribution in [-0.4, -0.2) is 15.0 Å². The Balaban J connectivity index is 1.90. The lowest BCUT2D eigenvalue weighted by molar-refractivity contribution is 0.558. The average Bonchev–Trinajstić information content (AvgIpc) is 2.80. The Morgan fingerprint density at radius 1 is 1.33 bits per heavy atom. The molecule has 0 saturated carbocycles. The van der Waals surface area contributed by atoms with Crippen molar-refractivity contribution in [3.05, 3.63) is 40.9 Å². The van der Waals surface area contributed by atoms with Crippen LogP contribution in [0.25, 0.3) is 0 Å². The summed E-state index contributed by atoms with van der Waals surface area (Å²) in [6.45, 7) is 2.84. The molecule has 0 amide bonds. The molecule has 1 unspecified atom stereocenters. The zero-order valence-corrected chi connectivity index (χ0v) is 9.24. The van der Waals surface area contributed by atoms with E-state index in [1.54, 1.807) is 29.9 Å². The van der Waals surface area contributed by atoms with E-state index in [9.17, 15) is 0 Å². The van der Waals surface area contributed by atoms with Crippen molar-refractivity contribution in [2.45, 2.75) is 19.5 Å². The summed E-state index contributed by atoms with van der Waals surface area (Å²) >= 11 is 1.65. The van der Waals surface area contributed by atoms with Crippen LogP contribution in [-0.2, 0) is 6.54 Å². The Morgan fingerprint density at radius 3 is 2.93 bits per heavy atom. The van der Waals surface area contributed by atoms with Gasteiger partial charge in [-0.25, -0.2) is 4.98 Å². The van der Waals surface area contributed by atoms with Crippen LogP contribution in [0.3, 0.4) is 0 Å². The average molecular weight is 220 g/mol. The summed E-state index contributed by atoms with van der Waals surface area (Å²) in [6.07, 6.45) is 6.97. The second-order valence-corrected chi connectivity index (χ2v) is 4.14. The molecule has 0 aliphatic heterocycles. The molecule has 2 rings (SSSR count). The molecule has 2 aromatic heterocycles. The van der Waals surface area contributed by atoms with E-state index in [2.05, 4.69) is 27.2 Å². The number of rotatable bonds is 4. The molecule has 0 bridgehead atoms. The molecule has 0 fully saturated rings. The van der Waals surface area contributed by atoms with Gasteiger partial charge < -0.3 is 5.32 Å². The Hall–Kier alpha value is -1.33. The van der Waals surface area contributed by atoms with E-state index in [0.717, 1.165) is 17.2 Å². The highest BCUT2D eigenvalue weighted by Gasteiger charge is 2.06. The third-order valence-corrected chi connectivity index (χ3v) is 2.85. The molecule has 5 heteroatoms. The molecule has 4 nitrogen and oxygen atoms in total. The van der Waals surface area contributed by atoms with Crippen LogP contribution in [0.4, 0.5) is 0 Å². The summed E-state index contributed by atoms with van der Waals surface area (Å²) in [7, 11) is 0. The monoisotopic (exact) mass is 220 g/mol. The highest BCUT2D eigenvalue weighted by atomic mass is 32.1. The molecule has 0 aliphatic carbocycles. The van der Waals surface area contributed by atoms with Crippen molar-refractivity contribution < 1.29 is 0 Å². The van der Waals surface area contributed by atoms with Crippen molar-refractivity contribution in [1.29, 1.82) is 0 Å². The van der Waals surface area contributed by atoms with E-state index in [4.69, 9.17) is 0 Å². The molecule has 1 N–H and O–H groups in total. The molecular weight excluding hydrogens is 208 g/mol. The largest absolute Gasteiger partial charge is 0.302 e. The third-order valence-electron chi connectivity index (χ3n) is 2.07. The maximum atomic E-state index is 4.24. The lowest BCUT2D eigenvalue weighted by Gasteiger charge is -2.10. The van der Waals surface area contributed by atoms with Gasteiger partial charge in [-0.1, -0.05) is 0 Å². The number of hydrogen-bond donors (Lipinski definition) is 1. The van der Waals surface area contributed by atoms with Gasteiger partial charge in [0.1, 0.15) is 5.01 Å². The Labute approximate surface area is 92.4 Å². The van der Waals surface area contributed by atoms with Gasteiger partial charge >= 0.3 is 0 Å². The molecular formula is C10H12N4S. The molecule has 0 aliphatic rings. The normalized spacial score (nSPS) is 12.6. The minimum atomic E-state index is 0.197. The van der Waals surface area contributed by atoms with E-state index in [1.165, 1.54) is 0 Å². The van der Waals surface area contributed by atoms with Crippen LogP contribution in [0, 0.1) is 0 Å². The fourth-order valence-electron chi connectivity index (χ4n) is 1.22. The van der Waals surface area contributed by atoms with Crippen LogP contribution in [0.5, 0.6) is 0 Å². The summed E-state index contributed by atoms with van der Waals surface area (Å²) < 4.78 is 0. The number of aromatic nitrogens is 3. The second kappa shape index (κ2) is 4.95. The highest BCUT2D eigenvalue weighted by Crippen LogP contribution is 2.09. The standard InChI is InChI=1S/C10H12N4S/c1-8(9-6-11-2-3-12-9)14-7-10-13-4-5-15-10/h2-6,8,14H,7H2,1H3. The van der Waals surface area contributed by atoms with Crippen molar-refractivity contribution in [2.75, 3.05) is 0 Å². The van der Waals surface area contributed by atoms with Crippen molar-refractivity contribution in [1.82, 2.24) is 20.3 Å². The van der Waals surface area contributed by atoms with Crippen molar-refractivity contribution in [3.63, 3.8) is 0 Å². The first-order valence-corrected chi connectivity index (χ1v) is 5.62. The summed E-state index contributed by atoms with van der Waals surface area (Å²) in [6, 6.07) is 0.197. The van der Waals surface area contributed by atoms with E-state index in [0.29, 0.717) is 0 Å². The third kappa shape index (κ3) is 2.81. The fraction of sp³-hybridized carbons (Fsp3) is 0.300. The number of hydrogen-bond acceptors (Lipinski definition) is 5. The molecule has 0 radical (unpaired) electrons. The van der Waals surface area contributed by atoms with Crippen LogP contribution in [0.1, 0.15) is 23.7 Å². The Morgan fingerprint density at radius 2 is 2.27 bits per heavy atom. The van der Waals surface area contributed by atoms with Gasteiger partial charge in [-0.3, -0.25) is 9.97 Å². The maximum Gasteiger partial charge on any atom is 0.106 e. The minimum absolute atomic E-state index is 0.197. The fourth-order valence-corrected chi connectivity index (χ4v) is 1.79.